The third kappa shape index (κ3) is 5.96. The lowest BCUT2D eigenvalue weighted by molar-refractivity contribution is -0.141. The van der Waals surface area contributed by atoms with Gasteiger partial charge in [-0.15, -0.1) is 0 Å². The van der Waals surface area contributed by atoms with Crippen molar-refractivity contribution in [2.75, 3.05) is 62.3 Å². The fourth-order valence-electron chi connectivity index (χ4n) is 5.63. The van der Waals surface area contributed by atoms with Crippen molar-refractivity contribution in [2.45, 2.75) is 44.6 Å². The number of likely N-dealkylation sites (tertiary alicyclic amines) is 1. The Hall–Kier alpha value is -2.64. The lowest BCUT2D eigenvalue weighted by atomic mass is 9.89. The number of pyridine rings is 1. The molecule has 0 bridgehead atoms. The second kappa shape index (κ2) is 11.0. The number of benzene rings is 1. The molecule has 0 radical (unpaired) electrons. The molecule has 35 heavy (non-hydrogen) atoms. The van der Waals surface area contributed by atoms with E-state index in [4.69, 9.17) is 9.47 Å². The van der Waals surface area contributed by atoms with Gasteiger partial charge in [-0.1, -0.05) is 13.0 Å². The molecule has 5 rings (SSSR count). The summed E-state index contributed by atoms with van der Waals surface area (Å²) in [5, 5.41) is 0. The zero-order chi connectivity index (χ0) is 24.1. The molecular formula is C28H38N4O3. The molecule has 3 fully saturated rings. The van der Waals surface area contributed by atoms with Gasteiger partial charge >= 0.3 is 0 Å². The molecule has 3 aliphatic rings. The molecule has 7 nitrogen and oxygen atoms in total. The molecule has 188 valence electrons. The van der Waals surface area contributed by atoms with Crippen molar-refractivity contribution in [1.29, 1.82) is 0 Å². The molecule has 2 aromatic rings. The van der Waals surface area contributed by atoms with Crippen LogP contribution in [0.5, 0.6) is 5.75 Å². The minimum atomic E-state index is -0.295. The van der Waals surface area contributed by atoms with Crippen molar-refractivity contribution >= 4 is 17.4 Å². The van der Waals surface area contributed by atoms with Crippen LogP contribution in [0.4, 0.5) is 11.5 Å². The van der Waals surface area contributed by atoms with Crippen molar-refractivity contribution in [1.82, 2.24) is 9.88 Å². The number of carbonyl (C=O) groups excluding carboxylic acids is 1. The molecule has 1 aromatic carbocycles. The topological polar surface area (TPSA) is 58.1 Å². The van der Waals surface area contributed by atoms with E-state index in [2.05, 4.69) is 46.0 Å². The standard InChI is InChI=1S/C28H38N4O3/c1-23-6-4-15-30(20-23)16-5-19-34-25-10-8-24(9-11-25)31-17-12-28(13-18-31)22-32(27(33)21-35-28)26-7-2-3-14-29-26/h2-3,7-11,14,23H,4-6,12-13,15-22H2,1H3/t23-/m0/s1. The van der Waals surface area contributed by atoms with Crippen LogP contribution in [0.15, 0.2) is 48.7 Å². The van der Waals surface area contributed by atoms with E-state index in [1.807, 2.05) is 18.2 Å². The Balaban J connectivity index is 1.09. The van der Waals surface area contributed by atoms with Gasteiger partial charge < -0.3 is 19.3 Å². The zero-order valence-corrected chi connectivity index (χ0v) is 20.9. The van der Waals surface area contributed by atoms with Crippen molar-refractivity contribution in [3.8, 4) is 5.75 Å². The van der Waals surface area contributed by atoms with E-state index in [1.165, 1.54) is 31.6 Å². The van der Waals surface area contributed by atoms with Gasteiger partial charge in [0.1, 0.15) is 18.2 Å². The Morgan fingerprint density at radius 3 is 2.69 bits per heavy atom. The van der Waals surface area contributed by atoms with Crippen LogP contribution < -0.4 is 14.5 Å². The molecule has 4 heterocycles. The summed E-state index contributed by atoms with van der Waals surface area (Å²) >= 11 is 0. The first-order valence-corrected chi connectivity index (χ1v) is 13.2. The second-order valence-corrected chi connectivity index (χ2v) is 10.4. The van der Waals surface area contributed by atoms with E-state index in [-0.39, 0.29) is 18.1 Å². The first-order chi connectivity index (χ1) is 17.1. The van der Waals surface area contributed by atoms with Crippen molar-refractivity contribution in [3.63, 3.8) is 0 Å². The quantitative estimate of drug-likeness (QED) is 0.561. The molecular weight excluding hydrogens is 440 g/mol. The molecule has 1 atom stereocenters. The molecule has 0 unspecified atom stereocenters. The average molecular weight is 479 g/mol. The van der Waals surface area contributed by atoms with E-state index >= 15 is 0 Å². The second-order valence-electron chi connectivity index (χ2n) is 10.4. The Labute approximate surface area is 209 Å². The van der Waals surface area contributed by atoms with Crippen LogP contribution in [0.1, 0.15) is 39.0 Å². The number of nitrogens with zero attached hydrogens (tertiary/aromatic N) is 4. The lowest BCUT2D eigenvalue weighted by Gasteiger charge is -2.47. The largest absolute Gasteiger partial charge is 0.494 e. The zero-order valence-electron chi connectivity index (χ0n) is 20.9. The third-order valence-electron chi connectivity index (χ3n) is 7.68. The maximum atomic E-state index is 12.5. The molecule has 1 aromatic heterocycles. The summed E-state index contributed by atoms with van der Waals surface area (Å²) in [7, 11) is 0. The van der Waals surface area contributed by atoms with Gasteiger partial charge in [-0.3, -0.25) is 9.69 Å². The maximum absolute atomic E-state index is 12.5. The number of hydrogen-bond donors (Lipinski definition) is 0. The van der Waals surface area contributed by atoms with Crippen molar-refractivity contribution in [2.24, 2.45) is 5.92 Å². The molecule has 0 saturated carbocycles. The van der Waals surface area contributed by atoms with Crippen LogP contribution in [-0.4, -0.2) is 73.9 Å². The van der Waals surface area contributed by atoms with Gasteiger partial charge in [-0.05, 0) is 81.0 Å². The number of anilines is 2. The monoisotopic (exact) mass is 478 g/mol. The Morgan fingerprint density at radius 2 is 1.94 bits per heavy atom. The Kier molecular flexibility index (Phi) is 7.54. The molecule has 1 amide bonds. The van der Waals surface area contributed by atoms with Gasteiger partial charge in [0, 0.05) is 38.1 Å². The van der Waals surface area contributed by atoms with E-state index in [0.29, 0.717) is 12.4 Å². The maximum Gasteiger partial charge on any atom is 0.254 e. The molecule has 7 heteroatoms. The molecule has 0 N–H and O–H groups in total. The highest BCUT2D eigenvalue weighted by Gasteiger charge is 2.43. The van der Waals surface area contributed by atoms with E-state index in [0.717, 1.165) is 57.2 Å². The van der Waals surface area contributed by atoms with Crippen LogP contribution in [0, 0.1) is 5.92 Å². The number of amides is 1. The fraction of sp³-hybridized carbons (Fsp3) is 0.571. The average Bonchev–Trinajstić information content (AvgIpc) is 2.90. The van der Waals surface area contributed by atoms with Crippen molar-refractivity contribution < 1.29 is 14.3 Å². The number of carbonyl (C=O) groups is 1. The highest BCUT2D eigenvalue weighted by Crippen LogP contribution is 2.34. The summed E-state index contributed by atoms with van der Waals surface area (Å²) < 4.78 is 12.1. The smallest absolute Gasteiger partial charge is 0.254 e. The van der Waals surface area contributed by atoms with Crippen LogP contribution in [0.2, 0.25) is 0 Å². The summed E-state index contributed by atoms with van der Waals surface area (Å²) in [6.45, 7) is 9.21. The Bertz CT molecular complexity index is 960. The van der Waals surface area contributed by atoms with Gasteiger partial charge in [0.25, 0.3) is 5.91 Å². The first kappa shape index (κ1) is 24.1. The summed E-state index contributed by atoms with van der Waals surface area (Å²) in [5.41, 5.74) is 0.917. The molecule has 1 spiro atoms. The number of ether oxygens (including phenoxy) is 2. The van der Waals surface area contributed by atoms with Gasteiger partial charge in [-0.25, -0.2) is 4.98 Å². The van der Waals surface area contributed by atoms with Gasteiger partial charge in [0.2, 0.25) is 0 Å². The summed E-state index contributed by atoms with van der Waals surface area (Å²) in [5.74, 6) is 2.46. The third-order valence-corrected chi connectivity index (χ3v) is 7.68. The predicted octanol–water partition coefficient (Wildman–Crippen LogP) is 3.98. The lowest BCUT2D eigenvalue weighted by Crippen LogP contribution is -2.59. The summed E-state index contributed by atoms with van der Waals surface area (Å²) in [4.78, 5) is 23.6. The number of piperidine rings is 2. The Morgan fingerprint density at radius 1 is 1.11 bits per heavy atom. The highest BCUT2D eigenvalue weighted by atomic mass is 16.5. The van der Waals surface area contributed by atoms with E-state index in [1.54, 1.807) is 11.1 Å². The highest BCUT2D eigenvalue weighted by molar-refractivity contribution is 5.94. The normalized spacial score (nSPS) is 23.0. The van der Waals surface area contributed by atoms with Crippen LogP contribution >= 0.6 is 0 Å². The summed E-state index contributed by atoms with van der Waals surface area (Å²) in [6.07, 6.45) is 7.27. The minimum Gasteiger partial charge on any atom is -0.494 e. The predicted molar refractivity (Wildman–Crippen MR) is 138 cm³/mol. The van der Waals surface area contributed by atoms with Gasteiger partial charge in [0.05, 0.1) is 18.8 Å². The minimum absolute atomic E-state index is 0.0159. The van der Waals surface area contributed by atoms with E-state index < -0.39 is 0 Å². The van der Waals surface area contributed by atoms with Crippen molar-refractivity contribution in [3.05, 3.63) is 48.7 Å². The molecule has 0 aliphatic carbocycles. The number of aromatic nitrogens is 1. The first-order valence-electron chi connectivity index (χ1n) is 13.2. The van der Waals surface area contributed by atoms with Gasteiger partial charge in [-0.2, -0.15) is 0 Å². The van der Waals surface area contributed by atoms with Crippen LogP contribution in [-0.2, 0) is 9.53 Å². The number of rotatable bonds is 7. The summed E-state index contributed by atoms with van der Waals surface area (Å²) in [6, 6.07) is 14.2. The SMILES string of the molecule is C[C@H]1CCCN(CCCOc2ccc(N3CCC4(CC3)CN(c3ccccn3)C(=O)CO4)cc2)C1. The van der Waals surface area contributed by atoms with E-state index in [9.17, 15) is 4.79 Å². The number of morpholine rings is 1. The number of hydrogen-bond acceptors (Lipinski definition) is 6. The van der Waals surface area contributed by atoms with Crippen LogP contribution in [0.3, 0.4) is 0 Å². The molecule has 3 saturated heterocycles. The molecule has 3 aliphatic heterocycles. The fourth-order valence-corrected chi connectivity index (χ4v) is 5.63. The van der Waals surface area contributed by atoms with Crippen LogP contribution in [0.25, 0.3) is 0 Å². The van der Waals surface area contributed by atoms with Gasteiger partial charge in [0.15, 0.2) is 0 Å².